The second kappa shape index (κ2) is 4.63. The van der Waals surface area contributed by atoms with Crippen molar-refractivity contribution in [1.29, 1.82) is 0 Å². The first-order chi connectivity index (χ1) is 7.66. The van der Waals surface area contributed by atoms with Crippen molar-refractivity contribution >= 4 is 29.1 Å². The van der Waals surface area contributed by atoms with Gasteiger partial charge in [-0.05, 0) is 18.2 Å². The van der Waals surface area contributed by atoms with Gasteiger partial charge in [0, 0.05) is 11.6 Å². The molecule has 0 atom stereocenters. The van der Waals surface area contributed by atoms with Gasteiger partial charge in [0.1, 0.15) is 5.82 Å². The molecule has 82 valence electrons. The topological polar surface area (TPSA) is 50.2 Å². The standard InChI is InChI=1S/C10H6FNO2S2/c11-7-5-6(9(13)14)1-2-8(7)16-10-12-3-4-15-10/h1-5H,(H,13,14). The lowest BCUT2D eigenvalue weighted by Crippen LogP contribution is -1.97. The summed E-state index contributed by atoms with van der Waals surface area (Å²) in [5.74, 6) is -1.68. The zero-order valence-corrected chi connectivity index (χ0v) is 9.52. The van der Waals surface area contributed by atoms with Crippen molar-refractivity contribution in [1.82, 2.24) is 4.98 Å². The smallest absolute Gasteiger partial charge is 0.335 e. The van der Waals surface area contributed by atoms with Crippen LogP contribution in [0.4, 0.5) is 4.39 Å². The Morgan fingerprint density at radius 3 is 2.88 bits per heavy atom. The second-order valence-electron chi connectivity index (χ2n) is 2.85. The molecule has 1 aromatic heterocycles. The molecule has 2 rings (SSSR count). The molecule has 1 heterocycles. The molecule has 0 spiro atoms. The fourth-order valence-corrected chi connectivity index (χ4v) is 2.65. The molecule has 0 aliphatic rings. The maximum Gasteiger partial charge on any atom is 0.335 e. The predicted molar refractivity (Wildman–Crippen MR) is 59.6 cm³/mol. The molecular weight excluding hydrogens is 249 g/mol. The maximum absolute atomic E-state index is 13.5. The average molecular weight is 255 g/mol. The Hall–Kier alpha value is -1.40. The van der Waals surface area contributed by atoms with Crippen molar-refractivity contribution in [2.24, 2.45) is 0 Å². The van der Waals surface area contributed by atoms with E-state index in [-0.39, 0.29) is 5.56 Å². The van der Waals surface area contributed by atoms with Crippen molar-refractivity contribution in [2.45, 2.75) is 9.24 Å². The third-order valence-corrected chi connectivity index (χ3v) is 3.72. The van der Waals surface area contributed by atoms with Crippen molar-refractivity contribution in [2.75, 3.05) is 0 Å². The molecule has 0 bridgehead atoms. The minimum atomic E-state index is -1.13. The molecule has 0 unspecified atom stereocenters. The number of carboxylic acid groups (broad SMARTS) is 1. The SMILES string of the molecule is O=C(O)c1ccc(Sc2nccs2)c(F)c1. The van der Waals surface area contributed by atoms with E-state index in [2.05, 4.69) is 4.98 Å². The van der Waals surface area contributed by atoms with Gasteiger partial charge in [0.15, 0.2) is 4.34 Å². The highest BCUT2D eigenvalue weighted by atomic mass is 32.2. The number of rotatable bonds is 3. The molecule has 0 radical (unpaired) electrons. The lowest BCUT2D eigenvalue weighted by atomic mass is 10.2. The van der Waals surface area contributed by atoms with Gasteiger partial charge in [0.2, 0.25) is 0 Å². The molecule has 16 heavy (non-hydrogen) atoms. The number of thiazole rings is 1. The number of hydrogen-bond donors (Lipinski definition) is 1. The van der Waals surface area contributed by atoms with Crippen molar-refractivity contribution in [3.8, 4) is 0 Å². The molecule has 3 nitrogen and oxygen atoms in total. The Kier molecular flexibility index (Phi) is 3.21. The molecule has 0 aliphatic heterocycles. The Morgan fingerprint density at radius 2 is 2.31 bits per heavy atom. The summed E-state index contributed by atoms with van der Waals surface area (Å²) in [5.41, 5.74) is -0.0546. The first-order valence-corrected chi connectivity index (χ1v) is 5.96. The van der Waals surface area contributed by atoms with Gasteiger partial charge < -0.3 is 5.11 Å². The van der Waals surface area contributed by atoms with Crippen LogP contribution in [-0.4, -0.2) is 16.1 Å². The zero-order valence-electron chi connectivity index (χ0n) is 7.88. The van der Waals surface area contributed by atoms with E-state index in [1.165, 1.54) is 35.2 Å². The summed E-state index contributed by atoms with van der Waals surface area (Å²) >= 11 is 2.59. The fraction of sp³-hybridized carbons (Fsp3) is 0. The van der Waals surface area contributed by atoms with Crippen LogP contribution in [0.15, 0.2) is 39.0 Å². The molecule has 0 fully saturated rings. The lowest BCUT2D eigenvalue weighted by molar-refractivity contribution is 0.0696. The van der Waals surface area contributed by atoms with Gasteiger partial charge in [-0.1, -0.05) is 11.8 Å². The highest BCUT2D eigenvalue weighted by Gasteiger charge is 2.10. The molecule has 0 saturated carbocycles. The van der Waals surface area contributed by atoms with E-state index in [0.29, 0.717) is 4.90 Å². The number of halogens is 1. The van der Waals surface area contributed by atoms with Crippen LogP contribution in [0.2, 0.25) is 0 Å². The van der Waals surface area contributed by atoms with Gasteiger partial charge in [-0.25, -0.2) is 14.2 Å². The molecule has 0 amide bonds. The fourth-order valence-electron chi connectivity index (χ4n) is 1.07. The molecule has 1 aromatic carbocycles. The third-order valence-electron chi connectivity index (χ3n) is 1.79. The first-order valence-electron chi connectivity index (χ1n) is 4.27. The average Bonchev–Trinajstić information content (AvgIpc) is 2.73. The lowest BCUT2D eigenvalue weighted by Gasteiger charge is -2.01. The second-order valence-corrected chi connectivity index (χ2v) is 5.03. The van der Waals surface area contributed by atoms with Crippen LogP contribution in [0, 0.1) is 5.82 Å². The molecule has 0 aliphatic carbocycles. The minimum absolute atomic E-state index is 0.0546. The number of hydrogen-bond acceptors (Lipinski definition) is 4. The van der Waals surface area contributed by atoms with Crippen LogP contribution in [0.1, 0.15) is 10.4 Å². The summed E-state index contributed by atoms with van der Waals surface area (Å²) in [6.45, 7) is 0. The largest absolute Gasteiger partial charge is 0.478 e. The minimum Gasteiger partial charge on any atom is -0.478 e. The van der Waals surface area contributed by atoms with E-state index in [0.717, 1.165) is 10.4 Å². The van der Waals surface area contributed by atoms with E-state index in [9.17, 15) is 9.18 Å². The van der Waals surface area contributed by atoms with E-state index in [1.807, 2.05) is 0 Å². The molecule has 2 aromatic rings. The Balaban J connectivity index is 2.26. The van der Waals surface area contributed by atoms with E-state index >= 15 is 0 Å². The Bertz CT molecular complexity index is 514. The third kappa shape index (κ3) is 2.40. The monoisotopic (exact) mass is 255 g/mol. The number of carbonyl (C=O) groups is 1. The zero-order chi connectivity index (χ0) is 11.5. The first kappa shape index (κ1) is 11.1. The van der Waals surface area contributed by atoms with Crippen molar-refractivity contribution in [3.63, 3.8) is 0 Å². The summed E-state index contributed by atoms with van der Waals surface area (Å²) in [4.78, 5) is 15.0. The van der Waals surface area contributed by atoms with E-state index < -0.39 is 11.8 Å². The van der Waals surface area contributed by atoms with Crippen LogP contribution in [0.5, 0.6) is 0 Å². The van der Waals surface area contributed by atoms with Crippen LogP contribution < -0.4 is 0 Å². The van der Waals surface area contributed by atoms with E-state index in [4.69, 9.17) is 5.11 Å². The summed E-state index contributed by atoms with van der Waals surface area (Å²) in [5, 5.41) is 10.5. The molecular formula is C10H6FNO2S2. The van der Waals surface area contributed by atoms with Crippen LogP contribution in [-0.2, 0) is 0 Å². The van der Waals surface area contributed by atoms with Gasteiger partial charge in [0.05, 0.1) is 10.5 Å². The van der Waals surface area contributed by atoms with Crippen LogP contribution in [0.3, 0.4) is 0 Å². The number of nitrogens with zero attached hydrogens (tertiary/aromatic N) is 1. The van der Waals surface area contributed by atoms with Crippen LogP contribution in [0.25, 0.3) is 0 Å². The van der Waals surface area contributed by atoms with Crippen molar-refractivity contribution < 1.29 is 14.3 Å². The Labute approximate surface area is 99.0 Å². The highest BCUT2D eigenvalue weighted by Crippen LogP contribution is 2.31. The number of aromatic carboxylic acids is 1. The highest BCUT2D eigenvalue weighted by molar-refractivity contribution is 8.01. The Morgan fingerprint density at radius 1 is 1.50 bits per heavy atom. The maximum atomic E-state index is 13.5. The number of carboxylic acids is 1. The molecule has 1 N–H and O–H groups in total. The number of aromatic nitrogens is 1. The summed E-state index contributed by atoms with van der Waals surface area (Å²) in [7, 11) is 0. The molecule has 0 saturated heterocycles. The van der Waals surface area contributed by atoms with Gasteiger partial charge in [-0.15, -0.1) is 11.3 Å². The van der Waals surface area contributed by atoms with E-state index in [1.54, 1.807) is 11.6 Å². The summed E-state index contributed by atoms with van der Waals surface area (Å²) in [6, 6.07) is 3.84. The summed E-state index contributed by atoms with van der Waals surface area (Å²) in [6.07, 6.45) is 1.64. The quantitative estimate of drug-likeness (QED) is 0.915. The molecule has 6 heteroatoms. The van der Waals surface area contributed by atoms with Crippen LogP contribution >= 0.6 is 23.1 Å². The van der Waals surface area contributed by atoms with Gasteiger partial charge in [-0.2, -0.15) is 0 Å². The normalized spacial score (nSPS) is 10.3. The van der Waals surface area contributed by atoms with Crippen molar-refractivity contribution in [3.05, 3.63) is 41.2 Å². The summed E-state index contributed by atoms with van der Waals surface area (Å²) < 4.78 is 14.2. The van der Waals surface area contributed by atoms with Gasteiger partial charge in [-0.3, -0.25) is 0 Å². The van der Waals surface area contributed by atoms with Gasteiger partial charge in [0.25, 0.3) is 0 Å². The predicted octanol–water partition coefficient (Wildman–Crippen LogP) is 3.13. The van der Waals surface area contributed by atoms with Gasteiger partial charge >= 0.3 is 5.97 Å². The number of benzene rings is 1.